The number of nitrogens with zero attached hydrogens (tertiary/aromatic N) is 1. The van der Waals surface area contributed by atoms with E-state index >= 15 is 0 Å². The summed E-state index contributed by atoms with van der Waals surface area (Å²) in [6, 6.07) is 7.42. The number of rotatable bonds is 4. The van der Waals surface area contributed by atoms with Gasteiger partial charge in [0, 0.05) is 36.5 Å². The standard InChI is InChI=1S/C19H22N2O3/c1-3-15-19(23)20-11-12-21(15)18(22)10-9-14-13-7-5-6-8-17(13)24-16(14)4-2/h5-10,15H,3-4,11-12H2,1-2H3,(H,20,23). The zero-order valence-electron chi connectivity index (χ0n) is 14.0. The van der Waals surface area contributed by atoms with Crippen molar-refractivity contribution in [1.29, 1.82) is 0 Å². The number of carbonyl (C=O) groups is 2. The van der Waals surface area contributed by atoms with E-state index in [4.69, 9.17) is 4.42 Å². The first-order valence-corrected chi connectivity index (χ1v) is 8.42. The van der Waals surface area contributed by atoms with Crippen molar-refractivity contribution < 1.29 is 14.0 Å². The van der Waals surface area contributed by atoms with Gasteiger partial charge in [-0.2, -0.15) is 0 Å². The topological polar surface area (TPSA) is 62.6 Å². The van der Waals surface area contributed by atoms with Crippen LogP contribution in [0.4, 0.5) is 0 Å². The highest BCUT2D eigenvalue weighted by Crippen LogP contribution is 2.27. The Kier molecular flexibility index (Phi) is 4.69. The van der Waals surface area contributed by atoms with Crippen LogP contribution >= 0.6 is 0 Å². The summed E-state index contributed by atoms with van der Waals surface area (Å²) in [5.41, 5.74) is 1.76. The molecular formula is C19H22N2O3. The molecule has 2 amide bonds. The molecule has 1 unspecified atom stereocenters. The number of furan rings is 1. The minimum atomic E-state index is -0.386. The molecule has 1 aliphatic heterocycles. The van der Waals surface area contributed by atoms with E-state index in [-0.39, 0.29) is 17.9 Å². The number of amides is 2. The molecule has 1 fully saturated rings. The summed E-state index contributed by atoms with van der Waals surface area (Å²) in [4.78, 5) is 26.1. The fourth-order valence-electron chi connectivity index (χ4n) is 3.20. The molecule has 0 radical (unpaired) electrons. The number of para-hydroxylation sites is 1. The highest BCUT2D eigenvalue weighted by molar-refractivity contribution is 5.98. The lowest BCUT2D eigenvalue weighted by atomic mass is 10.1. The minimum Gasteiger partial charge on any atom is -0.460 e. The zero-order chi connectivity index (χ0) is 17.1. The van der Waals surface area contributed by atoms with Gasteiger partial charge in [0.2, 0.25) is 11.8 Å². The molecule has 0 saturated carbocycles. The Morgan fingerprint density at radius 1 is 1.38 bits per heavy atom. The van der Waals surface area contributed by atoms with E-state index in [1.54, 1.807) is 11.0 Å². The third-order valence-electron chi connectivity index (χ3n) is 4.43. The summed E-state index contributed by atoms with van der Waals surface area (Å²) in [5.74, 6) is 0.654. The van der Waals surface area contributed by atoms with Crippen molar-refractivity contribution in [2.24, 2.45) is 0 Å². The van der Waals surface area contributed by atoms with Crippen LogP contribution in [-0.4, -0.2) is 35.8 Å². The molecule has 0 bridgehead atoms. The molecule has 1 aromatic carbocycles. The van der Waals surface area contributed by atoms with Crippen molar-refractivity contribution in [3.8, 4) is 0 Å². The summed E-state index contributed by atoms with van der Waals surface area (Å²) >= 11 is 0. The predicted octanol–water partition coefficient (Wildman–Crippen LogP) is 2.75. The van der Waals surface area contributed by atoms with E-state index in [2.05, 4.69) is 5.32 Å². The van der Waals surface area contributed by atoms with Gasteiger partial charge >= 0.3 is 0 Å². The maximum absolute atomic E-state index is 12.6. The van der Waals surface area contributed by atoms with Crippen molar-refractivity contribution in [1.82, 2.24) is 10.2 Å². The summed E-state index contributed by atoms with van der Waals surface area (Å²) in [7, 11) is 0. The van der Waals surface area contributed by atoms with Gasteiger partial charge in [-0.15, -0.1) is 0 Å². The van der Waals surface area contributed by atoms with Gasteiger partial charge in [-0.3, -0.25) is 9.59 Å². The number of hydrogen-bond acceptors (Lipinski definition) is 3. The maximum Gasteiger partial charge on any atom is 0.247 e. The quantitative estimate of drug-likeness (QED) is 0.879. The Hall–Kier alpha value is -2.56. The van der Waals surface area contributed by atoms with Gasteiger partial charge in [0.25, 0.3) is 0 Å². The second-order valence-corrected chi connectivity index (χ2v) is 5.87. The SMILES string of the molecule is CCc1oc2ccccc2c1C=CC(=O)N1CCNC(=O)C1CC. The van der Waals surface area contributed by atoms with E-state index in [0.29, 0.717) is 19.5 Å². The van der Waals surface area contributed by atoms with Gasteiger partial charge in [0.1, 0.15) is 17.4 Å². The average molecular weight is 326 g/mol. The van der Waals surface area contributed by atoms with Crippen LogP contribution in [0.1, 0.15) is 31.6 Å². The van der Waals surface area contributed by atoms with Crippen LogP contribution < -0.4 is 5.32 Å². The summed E-state index contributed by atoms with van der Waals surface area (Å²) in [6.07, 6.45) is 4.73. The van der Waals surface area contributed by atoms with Crippen molar-refractivity contribution in [3.63, 3.8) is 0 Å². The van der Waals surface area contributed by atoms with Crippen LogP contribution in [0, 0.1) is 0 Å². The first-order chi connectivity index (χ1) is 11.7. The van der Waals surface area contributed by atoms with E-state index in [1.165, 1.54) is 0 Å². The van der Waals surface area contributed by atoms with Gasteiger partial charge in [-0.05, 0) is 18.6 Å². The maximum atomic E-state index is 12.6. The van der Waals surface area contributed by atoms with Gasteiger partial charge in [0.05, 0.1) is 0 Å². The molecule has 3 rings (SSSR count). The number of nitrogens with one attached hydrogen (secondary N) is 1. The molecule has 1 N–H and O–H groups in total. The van der Waals surface area contributed by atoms with Crippen molar-refractivity contribution in [2.75, 3.05) is 13.1 Å². The molecule has 0 aliphatic carbocycles. The lowest BCUT2D eigenvalue weighted by Crippen LogP contribution is -2.56. The van der Waals surface area contributed by atoms with E-state index in [0.717, 1.165) is 28.7 Å². The normalized spacial score (nSPS) is 18.3. The number of carbonyl (C=O) groups excluding carboxylic acids is 2. The lowest BCUT2D eigenvalue weighted by molar-refractivity contribution is -0.140. The molecule has 2 heterocycles. The highest BCUT2D eigenvalue weighted by atomic mass is 16.3. The molecule has 0 spiro atoms. The molecule has 5 nitrogen and oxygen atoms in total. The first-order valence-electron chi connectivity index (χ1n) is 8.42. The molecule has 1 aromatic heterocycles. The molecule has 126 valence electrons. The Morgan fingerprint density at radius 2 is 2.17 bits per heavy atom. The van der Waals surface area contributed by atoms with Crippen molar-refractivity contribution in [3.05, 3.63) is 41.7 Å². The Labute approximate surface area is 141 Å². The van der Waals surface area contributed by atoms with Crippen LogP contribution in [0.15, 0.2) is 34.8 Å². The molecule has 24 heavy (non-hydrogen) atoms. The van der Waals surface area contributed by atoms with Crippen molar-refractivity contribution >= 4 is 28.9 Å². The van der Waals surface area contributed by atoms with Gasteiger partial charge < -0.3 is 14.6 Å². The van der Waals surface area contributed by atoms with Gasteiger partial charge in [-0.25, -0.2) is 0 Å². The predicted molar refractivity (Wildman–Crippen MR) is 93.4 cm³/mol. The Bertz CT molecular complexity index is 791. The fourth-order valence-corrected chi connectivity index (χ4v) is 3.20. The van der Waals surface area contributed by atoms with Crippen LogP contribution in [0.5, 0.6) is 0 Å². The number of piperazine rings is 1. The largest absolute Gasteiger partial charge is 0.460 e. The second kappa shape index (κ2) is 6.91. The number of benzene rings is 1. The fraction of sp³-hybridized carbons (Fsp3) is 0.368. The van der Waals surface area contributed by atoms with E-state index in [9.17, 15) is 9.59 Å². The number of fused-ring (bicyclic) bond motifs is 1. The summed E-state index contributed by atoms with van der Waals surface area (Å²) in [5, 5.41) is 3.81. The Balaban J connectivity index is 1.88. The molecule has 1 saturated heterocycles. The first kappa shape index (κ1) is 16.3. The summed E-state index contributed by atoms with van der Waals surface area (Å²) in [6.45, 7) is 4.99. The summed E-state index contributed by atoms with van der Waals surface area (Å²) < 4.78 is 5.85. The number of hydrogen-bond donors (Lipinski definition) is 1. The van der Waals surface area contributed by atoms with Gasteiger partial charge in [-0.1, -0.05) is 32.0 Å². The number of aryl methyl sites for hydroxylation is 1. The van der Waals surface area contributed by atoms with E-state index in [1.807, 2.05) is 44.2 Å². The zero-order valence-corrected chi connectivity index (χ0v) is 14.0. The van der Waals surface area contributed by atoms with Crippen LogP contribution in [0.25, 0.3) is 17.0 Å². The smallest absolute Gasteiger partial charge is 0.247 e. The molecule has 5 heteroatoms. The van der Waals surface area contributed by atoms with E-state index < -0.39 is 0 Å². The molecule has 1 atom stereocenters. The third-order valence-corrected chi connectivity index (χ3v) is 4.43. The lowest BCUT2D eigenvalue weighted by Gasteiger charge is -2.33. The second-order valence-electron chi connectivity index (χ2n) is 5.87. The van der Waals surface area contributed by atoms with Crippen LogP contribution in [-0.2, 0) is 16.0 Å². The van der Waals surface area contributed by atoms with Crippen molar-refractivity contribution in [2.45, 2.75) is 32.7 Å². The Morgan fingerprint density at radius 3 is 2.92 bits per heavy atom. The van der Waals surface area contributed by atoms with Crippen LogP contribution in [0.3, 0.4) is 0 Å². The monoisotopic (exact) mass is 326 g/mol. The van der Waals surface area contributed by atoms with Crippen LogP contribution in [0.2, 0.25) is 0 Å². The molecule has 2 aromatic rings. The molecular weight excluding hydrogens is 304 g/mol. The minimum absolute atomic E-state index is 0.0755. The molecule has 1 aliphatic rings. The highest BCUT2D eigenvalue weighted by Gasteiger charge is 2.30. The average Bonchev–Trinajstić information content (AvgIpc) is 2.97. The third kappa shape index (κ3) is 2.94. The van der Waals surface area contributed by atoms with Gasteiger partial charge in [0.15, 0.2) is 0 Å².